The lowest BCUT2D eigenvalue weighted by atomic mass is 9.94. The van der Waals surface area contributed by atoms with E-state index in [0.29, 0.717) is 11.8 Å². The van der Waals surface area contributed by atoms with Crippen molar-refractivity contribution in [3.63, 3.8) is 0 Å². The third-order valence-corrected chi connectivity index (χ3v) is 3.47. The summed E-state index contributed by atoms with van der Waals surface area (Å²) in [6, 6.07) is 0. The van der Waals surface area contributed by atoms with Crippen LogP contribution in [0.5, 0.6) is 0 Å². The van der Waals surface area contributed by atoms with Gasteiger partial charge in [-0.2, -0.15) is 0 Å². The van der Waals surface area contributed by atoms with Gasteiger partial charge < -0.3 is 4.90 Å². The molecule has 3 heteroatoms. The molecule has 1 aliphatic carbocycles. The molecule has 1 atom stereocenters. The second-order valence-corrected chi connectivity index (χ2v) is 5.76. The molecular weight excluding hydrogens is 254 g/mol. The van der Waals surface area contributed by atoms with Gasteiger partial charge in [0.15, 0.2) is 0 Å². The van der Waals surface area contributed by atoms with E-state index >= 15 is 0 Å². The number of carbonyl (C=O) groups excluding carboxylic acids is 1. The zero-order valence-electron chi connectivity index (χ0n) is 9.16. The average molecular weight is 270 g/mol. The fraction of sp³-hybridized carbons (Fsp3) is 0.583. The van der Waals surface area contributed by atoms with Crippen molar-refractivity contribution < 1.29 is 4.79 Å². The molecule has 2 aliphatic rings. The van der Waals surface area contributed by atoms with Gasteiger partial charge in [0, 0.05) is 24.6 Å². The van der Waals surface area contributed by atoms with E-state index in [0.717, 1.165) is 25.1 Å². The Bertz CT molecular complexity index is 344. The Morgan fingerprint density at radius 1 is 1.53 bits per heavy atom. The number of fused-ring (bicyclic) bond motifs is 1. The Morgan fingerprint density at radius 2 is 2.27 bits per heavy atom. The Kier molecular flexibility index (Phi) is 3.01. The third-order valence-electron chi connectivity index (χ3n) is 2.89. The highest BCUT2D eigenvalue weighted by atomic mass is 79.9. The predicted octanol–water partition coefficient (Wildman–Crippen LogP) is 2.71. The molecule has 1 aliphatic heterocycles. The van der Waals surface area contributed by atoms with Crippen LogP contribution in [0.2, 0.25) is 0 Å². The molecule has 0 spiro atoms. The van der Waals surface area contributed by atoms with Crippen molar-refractivity contribution >= 4 is 21.8 Å². The summed E-state index contributed by atoms with van der Waals surface area (Å²) in [5.74, 6) is 1.20. The van der Waals surface area contributed by atoms with E-state index < -0.39 is 0 Å². The Labute approximate surface area is 99.2 Å². The van der Waals surface area contributed by atoms with Crippen LogP contribution in [-0.2, 0) is 4.79 Å². The first-order valence-corrected chi connectivity index (χ1v) is 6.22. The van der Waals surface area contributed by atoms with Crippen LogP contribution < -0.4 is 0 Å². The molecule has 0 aromatic heterocycles. The van der Waals surface area contributed by atoms with Crippen LogP contribution in [-0.4, -0.2) is 23.9 Å². The van der Waals surface area contributed by atoms with Crippen molar-refractivity contribution in [1.82, 2.24) is 4.90 Å². The maximum absolute atomic E-state index is 12.0. The first kappa shape index (κ1) is 10.9. The molecule has 0 bridgehead atoms. The summed E-state index contributed by atoms with van der Waals surface area (Å²) in [4.78, 5) is 14.0. The van der Waals surface area contributed by atoms with E-state index in [1.807, 2.05) is 17.1 Å². The Morgan fingerprint density at radius 3 is 2.93 bits per heavy atom. The highest BCUT2D eigenvalue weighted by Gasteiger charge is 2.36. The molecule has 1 unspecified atom stereocenters. The van der Waals surface area contributed by atoms with Crippen molar-refractivity contribution in [2.45, 2.75) is 20.3 Å². The number of hydrogen-bond donors (Lipinski definition) is 0. The SMILES string of the molecule is CC(C)CN1CC2CC(Br)=CC=C2C1=O. The van der Waals surface area contributed by atoms with Crippen LogP contribution in [0, 0.1) is 11.8 Å². The molecule has 0 aromatic carbocycles. The van der Waals surface area contributed by atoms with E-state index in [4.69, 9.17) is 0 Å². The van der Waals surface area contributed by atoms with E-state index in [-0.39, 0.29) is 5.91 Å². The maximum Gasteiger partial charge on any atom is 0.250 e. The molecule has 0 N–H and O–H groups in total. The van der Waals surface area contributed by atoms with Gasteiger partial charge in [0.1, 0.15) is 0 Å². The van der Waals surface area contributed by atoms with Gasteiger partial charge in [-0.15, -0.1) is 0 Å². The molecule has 1 fully saturated rings. The van der Waals surface area contributed by atoms with Gasteiger partial charge in [-0.1, -0.05) is 41.9 Å². The molecule has 82 valence electrons. The molecule has 1 heterocycles. The molecule has 1 saturated heterocycles. The lowest BCUT2D eigenvalue weighted by Crippen LogP contribution is -2.29. The van der Waals surface area contributed by atoms with E-state index in [1.54, 1.807) is 0 Å². The number of carbonyl (C=O) groups is 1. The van der Waals surface area contributed by atoms with Crippen LogP contribution in [0.1, 0.15) is 20.3 Å². The fourth-order valence-corrected chi connectivity index (χ4v) is 2.79. The van der Waals surface area contributed by atoms with Crippen LogP contribution >= 0.6 is 15.9 Å². The standard InChI is InChI=1S/C12H16BrNO/c1-8(2)6-14-7-9-5-10(13)3-4-11(9)12(14)15/h3-4,8-9H,5-7H2,1-2H3. The molecule has 0 radical (unpaired) electrons. The van der Waals surface area contributed by atoms with E-state index in [9.17, 15) is 4.79 Å². The summed E-state index contributed by atoms with van der Waals surface area (Å²) in [5.41, 5.74) is 0.999. The molecular formula is C12H16BrNO. The highest BCUT2D eigenvalue weighted by molar-refractivity contribution is 9.11. The van der Waals surface area contributed by atoms with Crippen molar-refractivity contribution in [3.8, 4) is 0 Å². The van der Waals surface area contributed by atoms with E-state index in [1.165, 1.54) is 4.48 Å². The molecule has 0 saturated carbocycles. The number of amides is 1. The molecule has 2 nitrogen and oxygen atoms in total. The smallest absolute Gasteiger partial charge is 0.250 e. The minimum Gasteiger partial charge on any atom is -0.338 e. The highest BCUT2D eigenvalue weighted by Crippen LogP contribution is 2.35. The van der Waals surface area contributed by atoms with Gasteiger partial charge in [-0.25, -0.2) is 0 Å². The zero-order valence-corrected chi connectivity index (χ0v) is 10.8. The van der Waals surface area contributed by atoms with Crippen LogP contribution in [0.3, 0.4) is 0 Å². The molecule has 2 rings (SSSR count). The maximum atomic E-state index is 12.0. The minimum atomic E-state index is 0.241. The van der Waals surface area contributed by atoms with Gasteiger partial charge in [-0.3, -0.25) is 4.79 Å². The lowest BCUT2D eigenvalue weighted by molar-refractivity contribution is -0.125. The van der Waals surface area contributed by atoms with E-state index in [2.05, 4.69) is 29.8 Å². The number of hydrogen-bond acceptors (Lipinski definition) is 1. The summed E-state index contributed by atoms with van der Waals surface area (Å²) in [5, 5.41) is 0. The van der Waals surface area contributed by atoms with Crippen molar-refractivity contribution in [2.75, 3.05) is 13.1 Å². The number of nitrogens with zero attached hydrogens (tertiary/aromatic N) is 1. The average Bonchev–Trinajstić information content (AvgIpc) is 2.42. The van der Waals surface area contributed by atoms with Crippen LogP contribution in [0.25, 0.3) is 0 Å². The van der Waals surface area contributed by atoms with Gasteiger partial charge in [0.05, 0.1) is 0 Å². The number of halogens is 1. The largest absolute Gasteiger partial charge is 0.338 e. The molecule has 0 aromatic rings. The normalized spacial score (nSPS) is 25.5. The summed E-state index contributed by atoms with van der Waals surface area (Å²) in [6.07, 6.45) is 4.95. The molecule has 1 amide bonds. The summed E-state index contributed by atoms with van der Waals surface area (Å²) in [6.45, 7) is 6.08. The van der Waals surface area contributed by atoms with Gasteiger partial charge in [0.2, 0.25) is 5.91 Å². The summed E-state index contributed by atoms with van der Waals surface area (Å²) < 4.78 is 1.20. The second-order valence-electron chi connectivity index (χ2n) is 4.74. The zero-order chi connectivity index (χ0) is 11.0. The monoisotopic (exact) mass is 269 g/mol. The first-order valence-electron chi connectivity index (χ1n) is 5.43. The Hall–Kier alpha value is -0.570. The lowest BCUT2D eigenvalue weighted by Gasteiger charge is -2.18. The van der Waals surface area contributed by atoms with Crippen molar-refractivity contribution in [2.24, 2.45) is 11.8 Å². The topological polar surface area (TPSA) is 20.3 Å². The van der Waals surface area contributed by atoms with Gasteiger partial charge >= 0.3 is 0 Å². The third kappa shape index (κ3) is 2.17. The quantitative estimate of drug-likeness (QED) is 0.755. The second kappa shape index (κ2) is 4.12. The predicted molar refractivity (Wildman–Crippen MR) is 64.6 cm³/mol. The van der Waals surface area contributed by atoms with Crippen molar-refractivity contribution in [3.05, 3.63) is 22.2 Å². The van der Waals surface area contributed by atoms with Gasteiger partial charge in [0.25, 0.3) is 0 Å². The minimum absolute atomic E-state index is 0.241. The fourth-order valence-electron chi connectivity index (χ4n) is 2.27. The van der Waals surface area contributed by atoms with Crippen LogP contribution in [0.4, 0.5) is 0 Å². The number of rotatable bonds is 2. The first-order chi connectivity index (χ1) is 7.08. The summed E-state index contributed by atoms with van der Waals surface area (Å²) in [7, 11) is 0. The van der Waals surface area contributed by atoms with Gasteiger partial charge in [-0.05, 0) is 16.8 Å². The van der Waals surface area contributed by atoms with Crippen LogP contribution in [0.15, 0.2) is 22.2 Å². The van der Waals surface area contributed by atoms with Crippen molar-refractivity contribution in [1.29, 1.82) is 0 Å². The Balaban J connectivity index is 2.12. The number of likely N-dealkylation sites (tertiary alicyclic amines) is 1. The number of allylic oxidation sites excluding steroid dienone is 3. The molecule has 15 heavy (non-hydrogen) atoms. The summed E-state index contributed by atoms with van der Waals surface area (Å²) >= 11 is 3.50.